The van der Waals surface area contributed by atoms with Crippen molar-refractivity contribution in [1.29, 1.82) is 0 Å². The first-order valence-corrected chi connectivity index (χ1v) is 5.88. The van der Waals surface area contributed by atoms with Crippen molar-refractivity contribution in [2.24, 2.45) is 0 Å². The third-order valence-corrected chi connectivity index (χ3v) is 3.56. The number of nitrogens with one attached hydrogen (secondary N) is 1. The largest absolute Gasteiger partial charge is 0.508 e. The minimum absolute atomic E-state index is 0.409. The second-order valence-electron chi connectivity index (χ2n) is 4.80. The summed E-state index contributed by atoms with van der Waals surface area (Å²) in [6, 6.07) is 6.60. The first-order valence-electron chi connectivity index (χ1n) is 5.88. The van der Waals surface area contributed by atoms with Gasteiger partial charge in [0.25, 0.3) is 0 Å². The molecule has 2 N–H and O–H groups in total. The molecule has 0 aromatic heterocycles. The Kier molecular flexibility index (Phi) is 2.17. The summed E-state index contributed by atoms with van der Waals surface area (Å²) in [6.07, 6.45) is 5.10. The minimum Gasteiger partial charge on any atom is -0.508 e. The third-order valence-electron chi connectivity index (χ3n) is 3.56. The average Bonchev–Trinajstić information content (AvgIpc) is 2.97. The van der Waals surface area contributed by atoms with E-state index in [2.05, 4.69) is 11.4 Å². The molecule has 80 valence electrons. The number of aryl methyl sites for hydroxylation is 1. The zero-order chi connectivity index (χ0) is 10.3. The number of phenolic OH excluding ortho intramolecular Hbond substituents is 1. The second-order valence-corrected chi connectivity index (χ2v) is 4.80. The zero-order valence-electron chi connectivity index (χ0n) is 8.87. The highest BCUT2D eigenvalue weighted by molar-refractivity contribution is 5.40. The zero-order valence-corrected chi connectivity index (χ0v) is 8.87. The number of benzene rings is 1. The van der Waals surface area contributed by atoms with Crippen molar-refractivity contribution in [3.63, 3.8) is 0 Å². The summed E-state index contributed by atoms with van der Waals surface area (Å²) in [5, 5.41) is 13.1. The molecule has 0 heterocycles. The van der Waals surface area contributed by atoms with Crippen molar-refractivity contribution in [3.05, 3.63) is 29.3 Å². The van der Waals surface area contributed by atoms with E-state index in [4.69, 9.17) is 0 Å². The Bertz CT molecular complexity index is 371. The van der Waals surface area contributed by atoms with Crippen LogP contribution in [0, 0.1) is 0 Å². The van der Waals surface area contributed by atoms with E-state index in [0.29, 0.717) is 11.7 Å². The molecule has 1 saturated carbocycles. The van der Waals surface area contributed by atoms with E-state index in [1.165, 1.54) is 36.8 Å². The topological polar surface area (TPSA) is 32.3 Å². The van der Waals surface area contributed by atoms with Crippen LogP contribution in [0.3, 0.4) is 0 Å². The van der Waals surface area contributed by atoms with Crippen molar-refractivity contribution in [2.45, 2.75) is 37.6 Å². The molecule has 1 atom stereocenters. The van der Waals surface area contributed by atoms with E-state index in [1.54, 1.807) is 6.07 Å². The lowest BCUT2D eigenvalue weighted by molar-refractivity contribution is 0.473. The Morgan fingerprint density at radius 2 is 2.13 bits per heavy atom. The van der Waals surface area contributed by atoms with Crippen molar-refractivity contribution in [2.75, 3.05) is 6.54 Å². The SMILES string of the molecule is Oc1ccc2c(c1)C(CNC1CC1)CC2. The van der Waals surface area contributed by atoms with Crippen molar-refractivity contribution < 1.29 is 5.11 Å². The molecule has 1 fully saturated rings. The third kappa shape index (κ3) is 1.86. The van der Waals surface area contributed by atoms with E-state index >= 15 is 0 Å². The predicted octanol–water partition coefficient (Wildman–Crippen LogP) is 2.17. The predicted molar refractivity (Wildman–Crippen MR) is 60.2 cm³/mol. The molecule has 0 radical (unpaired) electrons. The van der Waals surface area contributed by atoms with Gasteiger partial charge in [0, 0.05) is 12.6 Å². The molecule has 1 unspecified atom stereocenters. The van der Waals surface area contributed by atoms with Gasteiger partial charge in [-0.05, 0) is 54.9 Å². The molecule has 1 aromatic rings. The van der Waals surface area contributed by atoms with Crippen LogP contribution in [0.25, 0.3) is 0 Å². The van der Waals surface area contributed by atoms with Crippen LogP contribution in [-0.4, -0.2) is 17.7 Å². The summed E-state index contributed by atoms with van der Waals surface area (Å²) >= 11 is 0. The highest BCUT2D eigenvalue weighted by atomic mass is 16.3. The van der Waals surface area contributed by atoms with Crippen molar-refractivity contribution in [3.8, 4) is 5.75 Å². The van der Waals surface area contributed by atoms with Crippen LogP contribution in [0.4, 0.5) is 0 Å². The quantitative estimate of drug-likeness (QED) is 0.789. The second kappa shape index (κ2) is 3.53. The number of hydrogen-bond donors (Lipinski definition) is 2. The molecule has 0 saturated heterocycles. The average molecular weight is 203 g/mol. The molecule has 2 nitrogen and oxygen atoms in total. The van der Waals surface area contributed by atoms with E-state index in [1.807, 2.05) is 6.07 Å². The van der Waals surface area contributed by atoms with Gasteiger partial charge in [-0.15, -0.1) is 0 Å². The van der Waals surface area contributed by atoms with Crippen LogP contribution < -0.4 is 5.32 Å². The molecule has 3 rings (SSSR count). The summed E-state index contributed by atoms with van der Waals surface area (Å²) < 4.78 is 0. The van der Waals surface area contributed by atoms with Gasteiger partial charge < -0.3 is 10.4 Å². The van der Waals surface area contributed by atoms with Gasteiger partial charge in [-0.1, -0.05) is 6.07 Å². The summed E-state index contributed by atoms with van der Waals surface area (Å²) in [5.74, 6) is 1.03. The first kappa shape index (κ1) is 9.22. The maximum Gasteiger partial charge on any atom is 0.115 e. The van der Waals surface area contributed by atoms with E-state index in [9.17, 15) is 5.11 Å². The lowest BCUT2D eigenvalue weighted by atomic mass is 10.0. The summed E-state index contributed by atoms with van der Waals surface area (Å²) in [6.45, 7) is 1.08. The number of rotatable bonds is 3. The molecule has 15 heavy (non-hydrogen) atoms. The van der Waals surface area contributed by atoms with Crippen LogP contribution in [0.1, 0.15) is 36.3 Å². The van der Waals surface area contributed by atoms with Gasteiger partial charge >= 0.3 is 0 Å². The highest BCUT2D eigenvalue weighted by Crippen LogP contribution is 2.35. The standard InChI is InChI=1S/C13H17NO/c15-12-6-3-9-1-2-10(13(9)7-12)8-14-11-4-5-11/h3,6-7,10-11,14-15H,1-2,4-5,8H2. The Morgan fingerprint density at radius 3 is 2.93 bits per heavy atom. The summed E-state index contributed by atoms with van der Waals surface area (Å²) in [7, 11) is 0. The van der Waals surface area contributed by atoms with Crippen molar-refractivity contribution >= 4 is 0 Å². The maximum atomic E-state index is 9.48. The van der Waals surface area contributed by atoms with Gasteiger partial charge in [-0.3, -0.25) is 0 Å². The van der Waals surface area contributed by atoms with Gasteiger partial charge in [-0.25, -0.2) is 0 Å². The first-order chi connectivity index (χ1) is 7.33. The van der Waals surface area contributed by atoms with E-state index < -0.39 is 0 Å². The van der Waals surface area contributed by atoms with Crippen LogP contribution >= 0.6 is 0 Å². The Morgan fingerprint density at radius 1 is 1.27 bits per heavy atom. The smallest absolute Gasteiger partial charge is 0.115 e. The van der Waals surface area contributed by atoms with E-state index in [0.717, 1.165) is 12.6 Å². The van der Waals surface area contributed by atoms with Crippen LogP contribution in [0.5, 0.6) is 5.75 Å². The van der Waals surface area contributed by atoms with Gasteiger partial charge in [0.15, 0.2) is 0 Å². The minimum atomic E-state index is 0.409. The fraction of sp³-hybridized carbons (Fsp3) is 0.538. The molecule has 2 aliphatic carbocycles. The van der Waals surface area contributed by atoms with Crippen molar-refractivity contribution in [1.82, 2.24) is 5.32 Å². The lowest BCUT2D eigenvalue weighted by Crippen LogP contribution is -2.22. The van der Waals surface area contributed by atoms with Crippen LogP contribution in [0.2, 0.25) is 0 Å². The Labute approximate surface area is 90.3 Å². The molecular weight excluding hydrogens is 186 g/mol. The number of hydrogen-bond acceptors (Lipinski definition) is 2. The normalized spacial score (nSPS) is 24.1. The monoisotopic (exact) mass is 203 g/mol. The van der Waals surface area contributed by atoms with Gasteiger partial charge in [0.2, 0.25) is 0 Å². The number of phenols is 1. The lowest BCUT2D eigenvalue weighted by Gasteiger charge is -2.12. The molecule has 2 heteroatoms. The molecule has 0 spiro atoms. The summed E-state index contributed by atoms with van der Waals surface area (Å²) in [4.78, 5) is 0. The van der Waals surface area contributed by atoms with Crippen LogP contribution in [0.15, 0.2) is 18.2 Å². The van der Waals surface area contributed by atoms with Gasteiger partial charge in [0.1, 0.15) is 5.75 Å². The summed E-state index contributed by atoms with van der Waals surface area (Å²) in [5.41, 5.74) is 2.79. The number of aromatic hydroxyl groups is 1. The van der Waals surface area contributed by atoms with Crippen LogP contribution in [-0.2, 0) is 6.42 Å². The fourth-order valence-electron chi connectivity index (χ4n) is 2.48. The fourth-order valence-corrected chi connectivity index (χ4v) is 2.48. The van der Waals surface area contributed by atoms with Gasteiger partial charge in [-0.2, -0.15) is 0 Å². The molecule has 2 aliphatic rings. The number of fused-ring (bicyclic) bond motifs is 1. The molecule has 0 bridgehead atoms. The Balaban J connectivity index is 1.74. The van der Waals surface area contributed by atoms with E-state index in [-0.39, 0.29) is 0 Å². The molecule has 1 aromatic carbocycles. The Hall–Kier alpha value is -1.02. The maximum absolute atomic E-state index is 9.48. The molecular formula is C13H17NO. The van der Waals surface area contributed by atoms with Gasteiger partial charge in [0.05, 0.1) is 0 Å². The highest BCUT2D eigenvalue weighted by Gasteiger charge is 2.26. The molecule has 0 aliphatic heterocycles. The molecule has 0 amide bonds.